The van der Waals surface area contributed by atoms with Crippen LogP contribution < -0.4 is 5.73 Å². The molecule has 78 valence electrons. The van der Waals surface area contributed by atoms with Crippen molar-refractivity contribution in [1.82, 2.24) is 14.8 Å². The summed E-state index contributed by atoms with van der Waals surface area (Å²) in [4.78, 5) is 4.14. The lowest BCUT2D eigenvalue weighted by Crippen LogP contribution is -2.14. The average molecular weight is 202 g/mol. The zero-order chi connectivity index (χ0) is 10.8. The third kappa shape index (κ3) is 2.05. The summed E-state index contributed by atoms with van der Waals surface area (Å²) in [5.74, 6) is 0.654. The second-order valence-corrected chi connectivity index (χ2v) is 3.66. The zero-order valence-electron chi connectivity index (χ0n) is 8.88. The van der Waals surface area contributed by atoms with E-state index in [4.69, 9.17) is 5.73 Å². The Morgan fingerprint density at radius 1 is 1.27 bits per heavy atom. The molecule has 1 aromatic heterocycles. The Bertz CT molecular complexity index is 444. The van der Waals surface area contributed by atoms with Crippen LogP contribution in [0.4, 0.5) is 0 Å². The topological polar surface area (TPSA) is 56.7 Å². The van der Waals surface area contributed by atoms with Crippen molar-refractivity contribution in [2.24, 2.45) is 12.8 Å². The lowest BCUT2D eigenvalue weighted by atomic mass is 10.1. The van der Waals surface area contributed by atoms with E-state index in [0.29, 0.717) is 5.82 Å². The number of nitrogens with zero attached hydrogens (tertiary/aromatic N) is 3. The molecule has 0 aliphatic rings. The molecule has 4 heteroatoms. The molecule has 4 nitrogen and oxygen atoms in total. The van der Waals surface area contributed by atoms with Crippen molar-refractivity contribution in [3.8, 4) is 0 Å². The molecule has 1 unspecified atom stereocenters. The van der Waals surface area contributed by atoms with Crippen LogP contribution in [0.15, 0.2) is 30.6 Å². The molecule has 0 bridgehead atoms. The van der Waals surface area contributed by atoms with Crippen LogP contribution >= 0.6 is 0 Å². The number of hydrogen-bond acceptors (Lipinski definition) is 3. The van der Waals surface area contributed by atoms with Gasteiger partial charge in [-0.2, -0.15) is 5.10 Å². The molecule has 0 saturated heterocycles. The monoisotopic (exact) mass is 202 g/mol. The molecule has 0 radical (unpaired) electrons. The standard InChI is InChI=1S/C11H14N4/c1-8-3-5-9(6-4-8)10(12)11-13-7-15(2)14-11/h3-7,10H,12H2,1-2H3. The van der Waals surface area contributed by atoms with Gasteiger partial charge in [-0.1, -0.05) is 29.8 Å². The SMILES string of the molecule is Cc1ccc(C(N)c2ncn(C)n2)cc1. The number of hydrogen-bond donors (Lipinski definition) is 1. The predicted molar refractivity (Wildman–Crippen MR) is 58.2 cm³/mol. The summed E-state index contributed by atoms with van der Waals surface area (Å²) in [5.41, 5.74) is 8.30. The van der Waals surface area contributed by atoms with Crippen LogP contribution in [-0.2, 0) is 7.05 Å². The largest absolute Gasteiger partial charge is 0.318 e. The maximum atomic E-state index is 6.04. The van der Waals surface area contributed by atoms with E-state index in [2.05, 4.69) is 10.1 Å². The van der Waals surface area contributed by atoms with Gasteiger partial charge in [0.25, 0.3) is 0 Å². The van der Waals surface area contributed by atoms with E-state index in [1.807, 2.05) is 38.2 Å². The highest BCUT2D eigenvalue weighted by atomic mass is 15.3. The third-order valence-corrected chi connectivity index (χ3v) is 2.33. The fraction of sp³-hybridized carbons (Fsp3) is 0.273. The number of aryl methyl sites for hydroxylation is 2. The Hall–Kier alpha value is -1.68. The number of aromatic nitrogens is 3. The van der Waals surface area contributed by atoms with E-state index in [-0.39, 0.29) is 6.04 Å². The van der Waals surface area contributed by atoms with Crippen LogP contribution in [0.1, 0.15) is 23.0 Å². The molecule has 1 aromatic carbocycles. The molecule has 2 rings (SSSR count). The van der Waals surface area contributed by atoms with Gasteiger partial charge in [0, 0.05) is 7.05 Å². The van der Waals surface area contributed by atoms with E-state index in [1.165, 1.54) is 5.56 Å². The first-order valence-corrected chi connectivity index (χ1v) is 4.84. The Labute approximate surface area is 88.8 Å². The molecule has 0 fully saturated rings. The Morgan fingerprint density at radius 3 is 2.47 bits per heavy atom. The van der Waals surface area contributed by atoms with Crippen LogP contribution in [0, 0.1) is 6.92 Å². The van der Waals surface area contributed by atoms with Crippen molar-refractivity contribution in [2.45, 2.75) is 13.0 Å². The number of rotatable bonds is 2. The van der Waals surface area contributed by atoms with Crippen LogP contribution in [-0.4, -0.2) is 14.8 Å². The van der Waals surface area contributed by atoms with Crippen molar-refractivity contribution in [3.05, 3.63) is 47.5 Å². The van der Waals surface area contributed by atoms with Crippen LogP contribution in [0.25, 0.3) is 0 Å². The van der Waals surface area contributed by atoms with Crippen molar-refractivity contribution in [3.63, 3.8) is 0 Å². The van der Waals surface area contributed by atoms with E-state index in [9.17, 15) is 0 Å². The van der Waals surface area contributed by atoms with Gasteiger partial charge in [0.2, 0.25) is 0 Å². The van der Waals surface area contributed by atoms with Gasteiger partial charge in [0.05, 0.1) is 6.04 Å². The number of benzene rings is 1. The highest BCUT2D eigenvalue weighted by Crippen LogP contribution is 2.15. The zero-order valence-corrected chi connectivity index (χ0v) is 8.88. The fourth-order valence-electron chi connectivity index (χ4n) is 1.42. The van der Waals surface area contributed by atoms with E-state index in [1.54, 1.807) is 11.0 Å². The van der Waals surface area contributed by atoms with Crippen molar-refractivity contribution in [2.75, 3.05) is 0 Å². The lowest BCUT2D eigenvalue weighted by Gasteiger charge is -2.07. The van der Waals surface area contributed by atoms with E-state index in [0.717, 1.165) is 5.56 Å². The molecule has 0 spiro atoms. The van der Waals surface area contributed by atoms with Gasteiger partial charge < -0.3 is 5.73 Å². The minimum Gasteiger partial charge on any atom is -0.318 e. The predicted octanol–water partition coefficient (Wildman–Crippen LogP) is 1.17. The van der Waals surface area contributed by atoms with Gasteiger partial charge in [-0.25, -0.2) is 4.98 Å². The Kier molecular flexibility index (Phi) is 2.51. The summed E-state index contributed by atoms with van der Waals surface area (Å²) >= 11 is 0. The van der Waals surface area contributed by atoms with Crippen LogP contribution in [0.5, 0.6) is 0 Å². The first-order chi connectivity index (χ1) is 7.16. The van der Waals surface area contributed by atoms with Gasteiger partial charge >= 0.3 is 0 Å². The third-order valence-electron chi connectivity index (χ3n) is 2.33. The Balaban J connectivity index is 2.28. The van der Waals surface area contributed by atoms with Crippen LogP contribution in [0.2, 0.25) is 0 Å². The molecular formula is C11H14N4. The van der Waals surface area contributed by atoms with Gasteiger partial charge in [0.15, 0.2) is 5.82 Å². The summed E-state index contributed by atoms with van der Waals surface area (Å²) < 4.78 is 1.66. The molecule has 0 aliphatic carbocycles. The average Bonchev–Trinajstić information content (AvgIpc) is 2.65. The van der Waals surface area contributed by atoms with Gasteiger partial charge in [-0.05, 0) is 12.5 Å². The fourth-order valence-corrected chi connectivity index (χ4v) is 1.42. The summed E-state index contributed by atoms with van der Waals surface area (Å²) in [7, 11) is 1.83. The molecular weight excluding hydrogens is 188 g/mol. The van der Waals surface area contributed by atoms with Gasteiger partial charge in [-0.3, -0.25) is 4.68 Å². The molecule has 0 amide bonds. The summed E-state index contributed by atoms with van der Waals surface area (Å²) in [6, 6.07) is 7.86. The maximum absolute atomic E-state index is 6.04. The first-order valence-electron chi connectivity index (χ1n) is 4.84. The van der Waals surface area contributed by atoms with Crippen molar-refractivity contribution < 1.29 is 0 Å². The minimum absolute atomic E-state index is 0.244. The highest BCUT2D eigenvalue weighted by Gasteiger charge is 2.12. The van der Waals surface area contributed by atoms with Crippen molar-refractivity contribution >= 4 is 0 Å². The molecule has 0 saturated carbocycles. The highest BCUT2D eigenvalue weighted by molar-refractivity contribution is 5.27. The smallest absolute Gasteiger partial charge is 0.171 e. The summed E-state index contributed by atoms with van der Waals surface area (Å²) in [6.45, 7) is 2.05. The second-order valence-electron chi connectivity index (χ2n) is 3.66. The van der Waals surface area contributed by atoms with Crippen molar-refractivity contribution in [1.29, 1.82) is 0 Å². The quantitative estimate of drug-likeness (QED) is 0.795. The molecule has 15 heavy (non-hydrogen) atoms. The van der Waals surface area contributed by atoms with E-state index >= 15 is 0 Å². The summed E-state index contributed by atoms with van der Waals surface area (Å²) in [5, 5.41) is 4.19. The van der Waals surface area contributed by atoms with Gasteiger partial charge in [-0.15, -0.1) is 0 Å². The normalized spacial score (nSPS) is 12.7. The molecule has 0 aliphatic heterocycles. The lowest BCUT2D eigenvalue weighted by molar-refractivity contribution is 0.712. The molecule has 1 atom stereocenters. The number of nitrogens with two attached hydrogens (primary N) is 1. The molecule has 2 N–H and O–H groups in total. The Morgan fingerprint density at radius 2 is 1.93 bits per heavy atom. The maximum Gasteiger partial charge on any atom is 0.171 e. The second kappa shape index (κ2) is 3.82. The van der Waals surface area contributed by atoms with Crippen LogP contribution in [0.3, 0.4) is 0 Å². The molecule has 1 heterocycles. The summed E-state index contributed by atoms with van der Waals surface area (Å²) in [6.07, 6.45) is 1.66. The minimum atomic E-state index is -0.244. The molecule has 2 aromatic rings. The first kappa shape index (κ1) is 9.86. The van der Waals surface area contributed by atoms with Gasteiger partial charge in [0.1, 0.15) is 6.33 Å². The van der Waals surface area contributed by atoms with E-state index < -0.39 is 0 Å².